The number of piperidine rings is 1. The fraction of sp³-hybridized carbons (Fsp3) is 0.643. The van der Waals surface area contributed by atoms with Gasteiger partial charge in [-0.15, -0.1) is 0 Å². The number of aromatic nitrogens is 1. The Kier molecular flexibility index (Phi) is 4.60. The summed E-state index contributed by atoms with van der Waals surface area (Å²) in [6.45, 7) is 1.78. The normalized spacial score (nSPS) is 26.0. The lowest BCUT2D eigenvalue weighted by Gasteiger charge is -2.41. The average Bonchev–Trinajstić information content (AvgIpc) is 2.35. The molecule has 1 saturated heterocycles. The van der Waals surface area contributed by atoms with E-state index in [0.29, 0.717) is 12.4 Å². The highest BCUT2D eigenvalue weighted by Crippen LogP contribution is 2.33. The summed E-state index contributed by atoms with van der Waals surface area (Å²) in [5.74, 6) is -2.63. The van der Waals surface area contributed by atoms with Gasteiger partial charge in [-0.05, 0) is 25.1 Å². The molecule has 1 N–H and O–H groups in total. The highest BCUT2D eigenvalue weighted by molar-refractivity contribution is 5.36. The quantitative estimate of drug-likeness (QED) is 0.863. The zero-order valence-electron chi connectivity index (χ0n) is 12.3. The van der Waals surface area contributed by atoms with Gasteiger partial charge in [-0.3, -0.25) is 4.90 Å². The lowest BCUT2D eigenvalue weighted by atomic mass is 9.89. The van der Waals surface area contributed by atoms with E-state index in [4.69, 9.17) is 0 Å². The fourth-order valence-corrected chi connectivity index (χ4v) is 2.82. The number of hydrogen-bond donors (Lipinski definition) is 1. The summed E-state index contributed by atoms with van der Waals surface area (Å²) < 4.78 is 64.1. The van der Waals surface area contributed by atoms with Gasteiger partial charge in [-0.1, -0.05) is 6.92 Å². The lowest BCUT2D eigenvalue weighted by Crippen LogP contribution is -2.53. The van der Waals surface area contributed by atoms with Gasteiger partial charge in [0.25, 0.3) is 5.92 Å². The molecular weight excluding hydrogens is 305 g/mol. The number of hydrogen-bond acceptors (Lipinski definition) is 3. The minimum absolute atomic E-state index is 0.122. The Hall–Kier alpha value is -1.44. The molecule has 1 fully saturated rings. The van der Waals surface area contributed by atoms with E-state index >= 15 is 0 Å². The molecule has 2 unspecified atom stereocenters. The Morgan fingerprint density at radius 1 is 1.36 bits per heavy atom. The molecular formula is C14H18F5N3. The molecule has 2 heterocycles. The topological polar surface area (TPSA) is 28.2 Å². The van der Waals surface area contributed by atoms with Crippen LogP contribution in [0.5, 0.6) is 0 Å². The summed E-state index contributed by atoms with van der Waals surface area (Å²) in [6.07, 6.45) is -3.86. The Balaban J connectivity index is 1.95. The predicted octanol–water partition coefficient (Wildman–Crippen LogP) is 3.49. The van der Waals surface area contributed by atoms with Crippen LogP contribution >= 0.6 is 0 Å². The van der Waals surface area contributed by atoms with Gasteiger partial charge in [-0.2, -0.15) is 13.2 Å². The van der Waals surface area contributed by atoms with Crippen LogP contribution in [0.1, 0.15) is 18.9 Å². The molecule has 2 rings (SSSR count). The number of nitrogens with zero attached hydrogens (tertiary/aromatic N) is 2. The van der Waals surface area contributed by atoms with Crippen LogP contribution in [-0.4, -0.2) is 42.0 Å². The van der Waals surface area contributed by atoms with Crippen LogP contribution in [0.15, 0.2) is 18.3 Å². The van der Waals surface area contributed by atoms with Crippen molar-refractivity contribution in [2.75, 3.05) is 25.5 Å². The second-order valence-electron chi connectivity index (χ2n) is 5.83. The van der Waals surface area contributed by atoms with Crippen molar-refractivity contribution in [3.05, 3.63) is 23.9 Å². The van der Waals surface area contributed by atoms with Crippen molar-refractivity contribution >= 4 is 5.82 Å². The monoisotopic (exact) mass is 323 g/mol. The van der Waals surface area contributed by atoms with E-state index in [0.717, 1.165) is 12.3 Å². The van der Waals surface area contributed by atoms with Crippen LogP contribution in [0.2, 0.25) is 0 Å². The molecule has 0 aromatic carbocycles. The minimum atomic E-state index is -4.42. The van der Waals surface area contributed by atoms with Gasteiger partial charge in [0.05, 0.1) is 12.1 Å². The maximum atomic E-state index is 13.4. The number of alkyl halides is 5. The van der Waals surface area contributed by atoms with Crippen LogP contribution in [-0.2, 0) is 6.18 Å². The molecule has 0 saturated carbocycles. The van der Waals surface area contributed by atoms with E-state index in [1.807, 2.05) is 0 Å². The summed E-state index contributed by atoms with van der Waals surface area (Å²) >= 11 is 0. The molecule has 3 nitrogen and oxygen atoms in total. The van der Waals surface area contributed by atoms with E-state index < -0.39 is 17.7 Å². The Labute approximate surface area is 125 Å². The first kappa shape index (κ1) is 16.9. The molecule has 0 bridgehead atoms. The van der Waals surface area contributed by atoms with Gasteiger partial charge in [0.1, 0.15) is 5.82 Å². The van der Waals surface area contributed by atoms with Gasteiger partial charge < -0.3 is 5.32 Å². The Bertz CT molecular complexity index is 486. The highest BCUT2D eigenvalue weighted by Gasteiger charge is 2.42. The van der Waals surface area contributed by atoms with Crippen molar-refractivity contribution < 1.29 is 22.0 Å². The van der Waals surface area contributed by atoms with E-state index in [1.54, 1.807) is 18.9 Å². The SMILES string of the molecule is CC1CC(F)(F)CN(C)C1CNc1ccc(C(F)(F)F)cn1. The van der Waals surface area contributed by atoms with Crippen molar-refractivity contribution in [3.8, 4) is 0 Å². The average molecular weight is 323 g/mol. The van der Waals surface area contributed by atoms with Crippen LogP contribution < -0.4 is 5.32 Å². The third-order valence-electron chi connectivity index (χ3n) is 3.91. The third kappa shape index (κ3) is 4.06. The number of likely N-dealkylation sites (tertiary alicyclic amines) is 1. The largest absolute Gasteiger partial charge is 0.417 e. The van der Waals surface area contributed by atoms with E-state index in [2.05, 4.69) is 10.3 Å². The molecule has 0 radical (unpaired) electrons. The van der Waals surface area contributed by atoms with E-state index in [-0.39, 0.29) is 24.9 Å². The zero-order chi connectivity index (χ0) is 16.5. The molecule has 1 aromatic heterocycles. The molecule has 0 aliphatic carbocycles. The van der Waals surface area contributed by atoms with E-state index in [9.17, 15) is 22.0 Å². The maximum Gasteiger partial charge on any atom is 0.417 e. The molecule has 0 amide bonds. The minimum Gasteiger partial charge on any atom is -0.368 e. The van der Waals surface area contributed by atoms with Crippen molar-refractivity contribution in [3.63, 3.8) is 0 Å². The molecule has 1 aliphatic rings. The van der Waals surface area contributed by atoms with Gasteiger partial charge >= 0.3 is 6.18 Å². The maximum absolute atomic E-state index is 13.4. The molecule has 124 valence electrons. The van der Waals surface area contributed by atoms with Gasteiger partial charge in [-0.25, -0.2) is 13.8 Å². The lowest BCUT2D eigenvalue weighted by molar-refractivity contribution is -0.137. The van der Waals surface area contributed by atoms with E-state index in [1.165, 1.54) is 6.07 Å². The Morgan fingerprint density at radius 3 is 2.55 bits per heavy atom. The van der Waals surface area contributed by atoms with Gasteiger partial charge in [0, 0.05) is 25.2 Å². The summed E-state index contributed by atoms with van der Waals surface area (Å²) in [5.41, 5.74) is -0.819. The van der Waals surface area contributed by atoms with Crippen LogP contribution in [0.25, 0.3) is 0 Å². The molecule has 1 aromatic rings. The second kappa shape index (κ2) is 5.98. The molecule has 8 heteroatoms. The van der Waals surface area contributed by atoms with Crippen molar-refractivity contribution in [1.82, 2.24) is 9.88 Å². The first-order chi connectivity index (χ1) is 10.1. The van der Waals surface area contributed by atoms with Crippen LogP contribution in [0.4, 0.5) is 27.8 Å². The number of pyridine rings is 1. The van der Waals surface area contributed by atoms with Crippen molar-refractivity contribution in [1.29, 1.82) is 0 Å². The van der Waals surface area contributed by atoms with Gasteiger partial charge in [0.15, 0.2) is 0 Å². The summed E-state index contributed by atoms with van der Waals surface area (Å²) in [5, 5.41) is 2.92. The molecule has 22 heavy (non-hydrogen) atoms. The zero-order valence-corrected chi connectivity index (χ0v) is 12.3. The summed E-state index contributed by atoms with van der Waals surface area (Å²) in [4.78, 5) is 5.29. The number of likely N-dealkylation sites (N-methyl/N-ethyl adjacent to an activating group) is 1. The smallest absolute Gasteiger partial charge is 0.368 e. The van der Waals surface area contributed by atoms with Crippen LogP contribution in [0, 0.1) is 5.92 Å². The molecule has 0 spiro atoms. The standard InChI is InChI=1S/C14H18F5N3/c1-9-5-13(15,16)8-22(2)11(9)7-21-12-4-3-10(6-20-12)14(17,18)19/h3-4,6,9,11H,5,7-8H2,1-2H3,(H,20,21). The fourth-order valence-electron chi connectivity index (χ4n) is 2.82. The van der Waals surface area contributed by atoms with Crippen molar-refractivity contribution in [2.45, 2.75) is 31.5 Å². The number of nitrogens with one attached hydrogen (secondary N) is 1. The first-order valence-corrected chi connectivity index (χ1v) is 6.94. The third-order valence-corrected chi connectivity index (χ3v) is 3.91. The first-order valence-electron chi connectivity index (χ1n) is 6.94. The summed E-state index contributed by atoms with van der Waals surface area (Å²) in [7, 11) is 1.62. The van der Waals surface area contributed by atoms with Gasteiger partial charge in [0.2, 0.25) is 0 Å². The summed E-state index contributed by atoms with van der Waals surface area (Å²) in [6, 6.07) is 2.06. The molecule has 1 aliphatic heterocycles. The second-order valence-corrected chi connectivity index (χ2v) is 5.83. The Morgan fingerprint density at radius 2 is 2.05 bits per heavy atom. The predicted molar refractivity (Wildman–Crippen MR) is 72.9 cm³/mol. The number of anilines is 1. The van der Waals surface area contributed by atoms with Crippen LogP contribution in [0.3, 0.4) is 0 Å². The number of rotatable bonds is 3. The molecule has 2 atom stereocenters. The van der Waals surface area contributed by atoms with Crippen molar-refractivity contribution in [2.24, 2.45) is 5.92 Å². The number of halogens is 5. The highest BCUT2D eigenvalue weighted by atomic mass is 19.4.